The van der Waals surface area contributed by atoms with Gasteiger partial charge in [0.1, 0.15) is 0 Å². The summed E-state index contributed by atoms with van der Waals surface area (Å²) < 4.78 is 5.22. The van der Waals surface area contributed by atoms with Crippen molar-refractivity contribution in [1.82, 2.24) is 15.0 Å². The molecule has 1 aromatic carbocycles. The van der Waals surface area contributed by atoms with E-state index in [-0.39, 0.29) is 38.7 Å². The van der Waals surface area contributed by atoms with Crippen LogP contribution >= 0.6 is 34.8 Å². The Bertz CT molecular complexity index is 653. The molecule has 0 atom stereocenters. The lowest BCUT2D eigenvalue weighted by molar-refractivity contribution is -0.384. The molecule has 2 rings (SSSR count). The summed E-state index contributed by atoms with van der Waals surface area (Å²) in [4.78, 5) is 20.9. The van der Waals surface area contributed by atoms with E-state index in [1.165, 1.54) is 0 Å². The zero-order valence-corrected chi connectivity index (χ0v) is 11.6. The molecule has 0 amide bonds. The van der Waals surface area contributed by atoms with E-state index in [0.717, 1.165) is 12.1 Å². The van der Waals surface area contributed by atoms with Crippen molar-refractivity contribution < 1.29 is 9.66 Å². The maximum atomic E-state index is 10.6. The Morgan fingerprint density at radius 1 is 1.15 bits per heavy atom. The lowest BCUT2D eigenvalue weighted by Gasteiger charge is -2.08. The fourth-order valence-electron chi connectivity index (χ4n) is 1.23. The van der Waals surface area contributed by atoms with Crippen LogP contribution in [0.25, 0.3) is 0 Å². The highest BCUT2D eigenvalue weighted by molar-refractivity contribution is 6.37. The van der Waals surface area contributed by atoms with E-state index in [1.54, 1.807) is 0 Å². The van der Waals surface area contributed by atoms with Crippen molar-refractivity contribution in [3.8, 4) is 11.8 Å². The number of halogens is 3. The molecule has 1 aromatic heterocycles. The minimum absolute atomic E-state index is 0.0550. The number of rotatable bonds is 3. The van der Waals surface area contributed by atoms with E-state index in [0.29, 0.717) is 0 Å². The molecule has 0 fully saturated rings. The summed E-state index contributed by atoms with van der Waals surface area (Å²) in [5.41, 5.74) is 5.09. The minimum Gasteiger partial charge on any atom is -0.421 e. The summed E-state index contributed by atoms with van der Waals surface area (Å²) in [5, 5.41) is 10.3. The minimum atomic E-state index is -0.640. The Morgan fingerprint density at radius 3 is 2.25 bits per heavy atom. The Kier molecular flexibility index (Phi) is 4.07. The molecule has 2 N–H and O–H groups in total. The van der Waals surface area contributed by atoms with Gasteiger partial charge in [-0.2, -0.15) is 15.0 Å². The predicted molar refractivity (Wildman–Crippen MR) is 72.4 cm³/mol. The van der Waals surface area contributed by atoms with Crippen LogP contribution < -0.4 is 10.5 Å². The first-order chi connectivity index (χ1) is 9.36. The van der Waals surface area contributed by atoms with Crippen LogP contribution in [0.5, 0.6) is 11.8 Å². The van der Waals surface area contributed by atoms with Crippen LogP contribution in [-0.2, 0) is 0 Å². The molecule has 0 aliphatic heterocycles. The van der Waals surface area contributed by atoms with Gasteiger partial charge in [0, 0.05) is 12.1 Å². The van der Waals surface area contributed by atoms with Crippen LogP contribution in [0.3, 0.4) is 0 Å². The smallest absolute Gasteiger partial charge is 0.328 e. The molecule has 0 saturated heterocycles. The summed E-state index contributed by atoms with van der Waals surface area (Å²) in [5.74, 6) is -0.213. The van der Waals surface area contributed by atoms with Gasteiger partial charge >= 0.3 is 6.01 Å². The Hall–Kier alpha value is -1.90. The number of nitrogens with zero attached hydrogens (tertiary/aromatic N) is 4. The van der Waals surface area contributed by atoms with Crippen molar-refractivity contribution in [3.63, 3.8) is 0 Å². The Balaban J connectivity index is 2.41. The molecule has 20 heavy (non-hydrogen) atoms. The lowest BCUT2D eigenvalue weighted by atomic mass is 10.3. The maximum Gasteiger partial charge on any atom is 0.328 e. The van der Waals surface area contributed by atoms with E-state index in [2.05, 4.69) is 15.0 Å². The topological polar surface area (TPSA) is 117 Å². The highest BCUT2D eigenvalue weighted by Gasteiger charge is 2.17. The second-order valence-electron chi connectivity index (χ2n) is 3.34. The number of nitrogens with two attached hydrogens (primary N) is 1. The Labute approximate surface area is 126 Å². The van der Waals surface area contributed by atoms with Gasteiger partial charge < -0.3 is 10.5 Å². The molecular formula is C9H4Cl3N5O3. The third-order valence-corrected chi connectivity index (χ3v) is 2.72. The van der Waals surface area contributed by atoms with Gasteiger partial charge in [-0.3, -0.25) is 10.1 Å². The third kappa shape index (κ3) is 3.16. The zero-order chi connectivity index (χ0) is 14.9. The maximum absolute atomic E-state index is 10.6. The molecule has 0 radical (unpaired) electrons. The molecule has 104 valence electrons. The number of aromatic nitrogens is 3. The van der Waals surface area contributed by atoms with Gasteiger partial charge in [0.2, 0.25) is 11.2 Å². The molecule has 0 aliphatic carbocycles. The van der Waals surface area contributed by atoms with E-state index in [9.17, 15) is 10.1 Å². The second-order valence-corrected chi connectivity index (χ2v) is 4.50. The van der Waals surface area contributed by atoms with Crippen molar-refractivity contribution >= 4 is 46.4 Å². The van der Waals surface area contributed by atoms with Crippen molar-refractivity contribution in [2.24, 2.45) is 0 Å². The van der Waals surface area contributed by atoms with Gasteiger partial charge in [-0.15, -0.1) is 0 Å². The largest absolute Gasteiger partial charge is 0.421 e. The van der Waals surface area contributed by atoms with Gasteiger partial charge in [0.15, 0.2) is 5.75 Å². The van der Waals surface area contributed by atoms with Crippen molar-refractivity contribution in [3.05, 3.63) is 37.6 Å². The zero-order valence-electron chi connectivity index (χ0n) is 9.38. The van der Waals surface area contributed by atoms with Crippen LogP contribution in [0.2, 0.25) is 15.3 Å². The van der Waals surface area contributed by atoms with Crippen LogP contribution in [0.4, 0.5) is 11.6 Å². The van der Waals surface area contributed by atoms with Crippen LogP contribution in [-0.4, -0.2) is 19.9 Å². The van der Waals surface area contributed by atoms with Gasteiger partial charge in [-0.05, 0) is 11.6 Å². The van der Waals surface area contributed by atoms with Crippen LogP contribution in [0.15, 0.2) is 12.1 Å². The fraction of sp³-hybridized carbons (Fsp3) is 0. The average Bonchev–Trinajstić information content (AvgIpc) is 2.32. The normalized spacial score (nSPS) is 10.3. The molecule has 0 aliphatic rings. The number of benzene rings is 1. The Morgan fingerprint density at radius 2 is 1.75 bits per heavy atom. The molecule has 0 spiro atoms. The average molecular weight is 337 g/mol. The number of nitro groups is 1. The van der Waals surface area contributed by atoms with E-state index in [1.807, 2.05) is 0 Å². The van der Waals surface area contributed by atoms with E-state index in [4.69, 9.17) is 45.3 Å². The van der Waals surface area contributed by atoms with Gasteiger partial charge in [-0.25, -0.2) is 0 Å². The van der Waals surface area contributed by atoms with E-state index < -0.39 is 4.92 Å². The molecule has 0 bridgehead atoms. The number of ether oxygens (including phenoxy) is 1. The SMILES string of the molecule is Nc1nc(Cl)nc(Oc2c(Cl)cc([N+](=O)[O-])cc2Cl)n1. The molecule has 11 heteroatoms. The molecule has 8 nitrogen and oxygen atoms in total. The first-order valence-electron chi connectivity index (χ1n) is 4.85. The van der Waals surface area contributed by atoms with Crippen molar-refractivity contribution in [1.29, 1.82) is 0 Å². The standard InChI is InChI=1S/C9H4Cl3N5O3/c10-4-1-3(17(18)19)2-5(11)6(4)20-9-15-7(12)14-8(13)16-9/h1-2H,(H2,13,14,15,16). The summed E-state index contributed by atoms with van der Waals surface area (Å²) in [6, 6.07) is 1.92. The number of non-ortho nitro benzene ring substituents is 1. The molecule has 0 saturated carbocycles. The predicted octanol–water partition coefficient (Wildman–Crippen LogP) is 3.11. The monoisotopic (exact) mass is 335 g/mol. The highest BCUT2D eigenvalue weighted by atomic mass is 35.5. The van der Waals surface area contributed by atoms with Gasteiger partial charge in [0.25, 0.3) is 5.69 Å². The fourth-order valence-corrected chi connectivity index (χ4v) is 1.94. The highest BCUT2D eigenvalue weighted by Crippen LogP contribution is 2.38. The third-order valence-electron chi connectivity index (χ3n) is 1.99. The van der Waals surface area contributed by atoms with Gasteiger partial charge in [-0.1, -0.05) is 23.2 Å². The molecular weight excluding hydrogens is 332 g/mol. The summed E-state index contributed by atoms with van der Waals surface area (Å²) in [7, 11) is 0. The van der Waals surface area contributed by atoms with Crippen LogP contribution in [0.1, 0.15) is 0 Å². The molecule has 1 heterocycles. The van der Waals surface area contributed by atoms with Crippen molar-refractivity contribution in [2.45, 2.75) is 0 Å². The van der Waals surface area contributed by atoms with Crippen molar-refractivity contribution in [2.75, 3.05) is 5.73 Å². The molecule has 2 aromatic rings. The number of nitrogen functional groups attached to an aromatic ring is 1. The second kappa shape index (κ2) is 5.61. The number of anilines is 1. The first-order valence-corrected chi connectivity index (χ1v) is 5.98. The molecule has 0 unspecified atom stereocenters. The van der Waals surface area contributed by atoms with Gasteiger partial charge in [0.05, 0.1) is 15.0 Å². The lowest BCUT2D eigenvalue weighted by Crippen LogP contribution is -2.01. The first kappa shape index (κ1) is 14.5. The summed E-state index contributed by atoms with van der Waals surface area (Å²) in [6.45, 7) is 0. The quantitative estimate of drug-likeness (QED) is 0.675. The van der Waals surface area contributed by atoms with Crippen LogP contribution in [0, 0.1) is 10.1 Å². The number of hydrogen-bond donors (Lipinski definition) is 1. The summed E-state index contributed by atoms with van der Waals surface area (Å²) >= 11 is 17.3. The number of nitro benzene ring substituents is 1. The number of hydrogen-bond acceptors (Lipinski definition) is 7. The summed E-state index contributed by atoms with van der Waals surface area (Å²) in [6.07, 6.45) is 0. The van der Waals surface area contributed by atoms with E-state index >= 15 is 0 Å².